The van der Waals surface area contributed by atoms with Crippen molar-refractivity contribution < 1.29 is 9.84 Å². The van der Waals surface area contributed by atoms with Crippen LogP contribution in [0.2, 0.25) is 5.31 Å². The van der Waals surface area contributed by atoms with Crippen LogP contribution in [0.4, 0.5) is 0 Å². The van der Waals surface area contributed by atoms with Gasteiger partial charge in [-0.15, -0.1) is 0 Å². The fraction of sp³-hybridized carbons (Fsp3) is 1.00. The number of aliphatic hydroxyl groups is 1. The van der Waals surface area contributed by atoms with E-state index in [1.807, 2.05) is 0 Å². The smallest absolute Gasteiger partial charge is 0.109 e. The highest BCUT2D eigenvalue weighted by Crippen LogP contribution is 2.27. The molecule has 0 aliphatic heterocycles. The lowest BCUT2D eigenvalue weighted by atomic mass is 9.24. The van der Waals surface area contributed by atoms with E-state index in [9.17, 15) is 5.11 Å². The molecule has 0 aromatic rings. The second kappa shape index (κ2) is 6.29. The summed E-state index contributed by atoms with van der Waals surface area (Å²) in [7, 11) is 4.35. The summed E-state index contributed by atoms with van der Waals surface area (Å²) in [6.07, 6.45) is 1.77. The summed E-state index contributed by atoms with van der Waals surface area (Å²) in [5.74, 6) is 0. The van der Waals surface area contributed by atoms with Crippen LogP contribution in [0, 0.1) is 0 Å². The third-order valence-corrected chi connectivity index (χ3v) is 3.04. The number of ether oxygens (including phenoxy) is 1. The molecule has 0 fully saturated rings. The van der Waals surface area contributed by atoms with Crippen molar-refractivity contribution in [1.29, 1.82) is 0 Å². The molecule has 0 aliphatic carbocycles. The van der Waals surface area contributed by atoms with E-state index in [1.54, 1.807) is 13.8 Å². The zero-order chi connectivity index (χ0) is 13.7. The Balaban J connectivity index is 3.96. The summed E-state index contributed by atoms with van der Waals surface area (Å²) in [6.45, 7) is 14.9. The Kier molecular flexibility index (Phi) is 6.30. The molecule has 0 unspecified atom stereocenters. The summed E-state index contributed by atoms with van der Waals surface area (Å²) >= 11 is 0. The van der Waals surface area contributed by atoms with Gasteiger partial charge in [-0.1, -0.05) is 32.5 Å². The molecule has 0 heterocycles. The van der Waals surface area contributed by atoms with Crippen molar-refractivity contribution in [3.63, 3.8) is 0 Å². The van der Waals surface area contributed by atoms with E-state index in [4.69, 9.17) is 4.74 Å². The van der Waals surface area contributed by atoms with Crippen LogP contribution >= 0.6 is 0 Å². The largest absolute Gasteiger partial charge is 0.390 e. The molecule has 0 bridgehead atoms. The van der Waals surface area contributed by atoms with Crippen molar-refractivity contribution in [2.45, 2.75) is 77.7 Å². The van der Waals surface area contributed by atoms with Crippen molar-refractivity contribution in [3.8, 4) is 0 Å². The van der Waals surface area contributed by atoms with Crippen molar-refractivity contribution in [1.82, 2.24) is 0 Å². The average molecular weight is 238 g/mol. The molecule has 0 saturated heterocycles. The fourth-order valence-electron chi connectivity index (χ4n) is 1.16. The number of hydrogen-bond donors (Lipinski definition) is 1. The third kappa shape index (κ3) is 9.72. The SMILES string of the molecule is CCC(C)(C)[B][B]C(C)(C)OCCC(C)(C)O. The van der Waals surface area contributed by atoms with Crippen LogP contribution in [0.5, 0.6) is 0 Å². The van der Waals surface area contributed by atoms with Crippen LogP contribution in [0.1, 0.15) is 61.3 Å². The van der Waals surface area contributed by atoms with Crippen LogP contribution < -0.4 is 0 Å². The highest BCUT2D eigenvalue weighted by Gasteiger charge is 2.26. The van der Waals surface area contributed by atoms with E-state index in [0.29, 0.717) is 13.0 Å². The van der Waals surface area contributed by atoms with Crippen LogP contribution in [-0.2, 0) is 4.74 Å². The molecule has 98 valence electrons. The molecule has 4 heteroatoms. The fourth-order valence-corrected chi connectivity index (χ4v) is 1.16. The summed E-state index contributed by atoms with van der Waals surface area (Å²) < 4.78 is 5.80. The summed E-state index contributed by atoms with van der Waals surface area (Å²) in [6, 6.07) is 0. The van der Waals surface area contributed by atoms with E-state index in [1.165, 1.54) is 0 Å². The maximum Gasteiger partial charge on any atom is 0.109 e. The molecule has 2 radical (unpaired) electrons. The zero-order valence-electron chi connectivity index (χ0n) is 12.6. The minimum atomic E-state index is -0.650. The molecule has 0 aliphatic rings. The molecule has 0 saturated carbocycles. The van der Waals surface area contributed by atoms with Gasteiger partial charge in [-0.2, -0.15) is 0 Å². The van der Waals surface area contributed by atoms with Gasteiger partial charge >= 0.3 is 0 Å². The Bertz CT molecular complexity index is 220. The summed E-state index contributed by atoms with van der Waals surface area (Å²) in [5, 5.41) is 9.83. The van der Waals surface area contributed by atoms with Gasteiger partial charge < -0.3 is 9.84 Å². The predicted octanol–water partition coefficient (Wildman–Crippen LogP) is 2.83. The maximum atomic E-state index is 9.61. The first-order valence-corrected chi connectivity index (χ1v) is 6.54. The van der Waals surface area contributed by atoms with Crippen LogP contribution in [0.3, 0.4) is 0 Å². The molecule has 1 N–H and O–H groups in total. The standard InChI is InChI=1S/C13H28B2O2/c1-8-11(2,3)14-15-13(6,7)17-10-9-12(4,5)16/h16H,8-10H2,1-7H3. The average Bonchev–Trinajstić information content (AvgIpc) is 2.13. The van der Waals surface area contributed by atoms with Gasteiger partial charge in [-0.05, 0) is 34.1 Å². The minimum Gasteiger partial charge on any atom is -0.390 e. The van der Waals surface area contributed by atoms with Crippen molar-refractivity contribution >= 4 is 14.3 Å². The van der Waals surface area contributed by atoms with Crippen LogP contribution in [-0.4, -0.2) is 37.2 Å². The normalized spacial score (nSPS) is 13.6. The Morgan fingerprint density at radius 2 is 1.53 bits per heavy atom. The van der Waals surface area contributed by atoms with Gasteiger partial charge in [0, 0.05) is 12.1 Å². The van der Waals surface area contributed by atoms with E-state index in [2.05, 4.69) is 49.0 Å². The molecule has 0 atom stereocenters. The molecular weight excluding hydrogens is 210 g/mol. The minimum absolute atomic E-state index is 0.219. The van der Waals surface area contributed by atoms with Crippen molar-refractivity contribution in [2.24, 2.45) is 0 Å². The first-order valence-electron chi connectivity index (χ1n) is 6.54. The first-order chi connectivity index (χ1) is 7.47. The zero-order valence-corrected chi connectivity index (χ0v) is 12.6. The quantitative estimate of drug-likeness (QED) is 0.658. The van der Waals surface area contributed by atoms with Gasteiger partial charge in [-0.25, -0.2) is 0 Å². The highest BCUT2D eigenvalue weighted by molar-refractivity contribution is 7.03. The van der Waals surface area contributed by atoms with Crippen molar-refractivity contribution in [3.05, 3.63) is 0 Å². The van der Waals surface area contributed by atoms with Gasteiger partial charge in [-0.3, -0.25) is 0 Å². The second-order valence-corrected chi connectivity index (χ2v) is 6.69. The molecule has 0 amide bonds. The van der Waals surface area contributed by atoms with E-state index < -0.39 is 5.60 Å². The molecule has 0 spiro atoms. The Labute approximate surface area is 109 Å². The Morgan fingerprint density at radius 1 is 1.00 bits per heavy atom. The highest BCUT2D eigenvalue weighted by atomic mass is 16.5. The molecular formula is C13H28B2O2. The van der Waals surface area contributed by atoms with E-state index in [0.717, 1.165) is 6.42 Å². The number of hydrogen-bond acceptors (Lipinski definition) is 2. The topological polar surface area (TPSA) is 29.5 Å². The Hall–Kier alpha value is 0.0499. The lowest BCUT2D eigenvalue weighted by molar-refractivity contribution is -0.00672. The molecule has 17 heavy (non-hydrogen) atoms. The molecule has 0 rings (SSSR count). The lowest BCUT2D eigenvalue weighted by Gasteiger charge is -2.30. The summed E-state index contributed by atoms with van der Waals surface area (Å²) in [5.41, 5.74) is -0.916. The molecule has 0 aromatic heterocycles. The monoisotopic (exact) mass is 238 g/mol. The van der Waals surface area contributed by atoms with Crippen molar-refractivity contribution in [2.75, 3.05) is 6.61 Å². The second-order valence-electron chi connectivity index (χ2n) is 6.69. The maximum absolute atomic E-state index is 9.61. The van der Waals surface area contributed by atoms with Crippen LogP contribution in [0.25, 0.3) is 0 Å². The first kappa shape index (κ1) is 17.0. The van der Waals surface area contributed by atoms with E-state index >= 15 is 0 Å². The summed E-state index contributed by atoms with van der Waals surface area (Å²) in [4.78, 5) is 0. The lowest BCUT2D eigenvalue weighted by Crippen LogP contribution is -2.40. The van der Waals surface area contributed by atoms with Crippen LogP contribution in [0.15, 0.2) is 0 Å². The predicted molar refractivity (Wildman–Crippen MR) is 76.8 cm³/mol. The van der Waals surface area contributed by atoms with E-state index in [-0.39, 0.29) is 10.8 Å². The number of rotatable bonds is 8. The van der Waals surface area contributed by atoms with Gasteiger partial charge in [0.25, 0.3) is 0 Å². The van der Waals surface area contributed by atoms with Gasteiger partial charge in [0.2, 0.25) is 0 Å². The van der Waals surface area contributed by atoms with Gasteiger partial charge in [0.05, 0.1) is 12.8 Å². The van der Waals surface area contributed by atoms with Gasteiger partial charge in [0.15, 0.2) is 0 Å². The van der Waals surface area contributed by atoms with Gasteiger partial charge in [0.1, 0.15) is 7.17 Å². The Morgan fingerprint density at radius 3 is 1.94 bits per heavy atom. The third-order valence-electron chi connectivity index (χ3n) is 3.04. The molecule has 0 aromatic carbocycles. The molecule has 2 nitrogen and oxygen atoms in total.